The standard InChI is InChI=1S/C19H40NO7P/c1-6-8-9-10-11-12-14-24-16-18(27-19(21)7-2)17-26-28(22,23)25-15-13-20(3,4)5/h18H,6-17H2,1-5H3. The SMILES string of the molecule is CCCCCCCCOCC(COP(=O)([O-])OCC[N+](C)(C)C)OC(=O)CC. The molecule has 0 spiro atoms. The smallest absolute Gasteiger partial charge is 0.305 e. The first-order valence-electron chi connectivity index (χ1n) is 10.3. The fourth-order valence-corrected chi connectivity index (χ4v) is 2.95. The quantitative estimate of drug-likeness (QED) is 0.144. The highest BCUT2D eigenvalue weighted by atomic mass is 31.2. The Morgan fingerprint density at radius 2 is 1.61 bits per heavy atom. The monoisotopic (exact) mass is 425 g/mol. The average molecular weight is 426 g/mol. The molecule has 0 amide bonds. The summed E-state index contributed by atoms with van der Waals surface area (Å²) < 4.78 is 32.9. The molecule has 0 aliphatic carbocycles. The molecule has 0 radical (unpaired) electrons. The number of phosphoric ester groups is 1. The minimum Gasteiger partial charge on any atom is -0.756 e. The van der Waals surface area contributed by atoms with Gasteiger partial charge in [0, 0.05) is 13.0 Å². The molecule has 8 nitrogen and oxygen atoms in total. The van der Waals surface area contributed by atoms with E-state index in [4.69, 9.17) is 18.5 Å². The van der Waals surface area contributed by atoms with Gasteiger partial charge in [0.1, 0.15) is 19.3 Å². The van der Waals surface area contributed by atoms with Crippen molar-refractivity contribution in [1.82, 2.24) is 0 Å². The van der Waals surface area contributed by atoms with Crippen LogP contribution in [0.25, 0.3) is 0 Å². The lowest BCUT2D eigenvalue weighted by Gasteiger charge is -2.28. The van der Waals surface area contributed by atoms with E-state index in [0.717, 1.165) is 12.8 Å². The van der Waals surface area contributed by atoms with E-state index in [0.29, 0.717) is 17.6 Å². The molecule has 2 atom stereocenters. The summed E-state index contributed by atoms with van der Waals surface area (Å²) in [6.07, 6.45) is 6.30. The first kappa shape index (κ1) is 27.5. The minimum absolute atomic E-state index is 0.0260. The second-order valence-electron chi connectivity index (χ2n) is 7.90. The summed E-state index contributed by atoms with van der Waals surface area (Å²) in [4.78, 5) is 23.4. The number of quaternary nitrogens is 1. The third-order valence-electron chi connectivity index (χ3n) is 3.96. The summed E-state index contributed by atoms with van der Waals surface area (Å²) >= 11 is 0. The maximum Gasteiger partial charge on any atom is 0.305 e. The van der Waals surface area contributed by atoms with Crippen LogP contribution < -0.4 is 4.89 Å². The highest BCUT2D eigenvalue weighted by molar-refractivity contribution is 7.45. The minimum atomic E-state index is -4.45. The van der Waals surface area contributed by atoms with Gasteiger partial charge in [0.15, 0.2) is 0 Å². The topological polar surface area (TPSA) is 94.1 Å². The van der Waals surface area contributed by atoms with Crippen molar-refractivity contribution in [3.63, 3.8) is 0 Å². The second-order valence-corrected chi connectivity index (χ2v) is 9.31. The zero-order valence-corrected chi connectivity index (χ0v) is 19.2. The highest BCUT2D eigenvalue weighted by Gasteiger charge is 2.19. The van der Waals surface area contributed by atoms with Gasteiger partial charge in [0.25, 0.3) is 7.82 Å². The van der Waals surface area contributed by atoms with E-state index in [2.05, 4.69) is 6.92 Å². The van der Waals surface area contributed by atoms with Crippen LogP contribution in [0.3, 0.4) is 0 Å². The summed E-state index contributed by atoms with van der Waals surface area (Å²) in [5.41, 5.74) is 0. The highest BCUT2D eigenvalue weighted by Crippen LogP contribution is 2.38. The molecule has 0 aliphatic rings. The lowest BCUT2D eigenvalue weighted by atomic mass is 10.1. The number of rotatable bonds is 18. The number of carbonyl (C=O) groups is 1. The van der Waals surface area contributed by atoms with Crippen LogP contribution in [-0.2, 0) is 27.9 Å². The predicted molar refractivity (Wildman–Crippen MR) is 107 cm³/mol. The van der Waals surface area contributed by atoms with Crippen LogP contribution in [-0.4, -0.2) is 70.7 Å². The van der Waals surface area contributed by atoms with Crippen LogP contribution in [0.2, 0.25) is 0 Å². The van der Waals surface area contributed by atoms with Gasteiger partial charge in [-0.05, 0) is 6.42 Å². The number of nitrogens with zero attached hydrogens (tertiary/aromatic N) is 1. The van der Waals surface area contributed by atoms with Gasteiger partial charge >= 0.3 is 5.97 Å². The van der Waals surface area contributed by atoms with Gasteiger partial charge in [-0.2, -0.15) is 0 Å². The van der Waals surface area contributed by atoms with Crippen LogP contribution in [0.15, 0.2) is 0 Å². The summed E-state index contributed by atoms with van der Waals surface area (Å²) in [7, 11) is 1.34. The average Bonchev–Trinajstić information content (AvgIpc) is 2.60. The van der Waals surface area contributed by atoms with E-state index in [-0.39, 0.29) is 26.2 Å². The molecular weight excluding hydrogens is 385 g/mol. The lowest BCUT2D eigenvalue weighted by Crippen LogP contribution is -2.37. The third kappa shape index (κ3) is 17.6. The number of unbranched alkanes of at least 4 members (excludes halogenated alkanes) is 5. The summed E-state index contributed by atoms with van der Waals surface area (Å²) in [6, 6.07) is 0. The van der Waals surface area contributed by atoms with Gasteiger partial charge < -0.3 is 27.9 Å². The number of ether oxygens (including phenoxy) is 2. The first-order chi connectivity index (χ1) is 13.1. The van der Waals surface area contributed by atoms with Crippen molar-refractivity contribution in [3.05, 3.63) is 0 Å². The van der Waals surface area contributed by atoms with E-state index in [1.165, 1.54) is 25.7 Å². The van der Waals surface area contributed by atoms with Crippen molar-refractivity contribution < 1.29 is 37.3 Å². The van der Waals surface area contributed by atoms with Gasteiger partial charge in [0.05, 0.1) is 34.4 Å². The number of carbonyl (C=O) groups excluding carboxylic acids is 1. The summed E-state index contributed by atoms with van der Waals surface area (Å²) in [5, 5.41) is 0. The van der Waals surface area contributed by atoms with E-state index in [9.17, 15) is 14.3 Å². The molecule has 0 bridgehead atoms. The summed E-state index contributed by atoms with van der Waals surface area (Å²) in [5.74, 6) is -0.427. The van der Waals surface area contributed by atoms with Crippen LogP contribution in [0.5, 0.6) is 0 Å². The molecule has 0 fully saturated rings. The fourth-order valence-electron chi connectivity index (χ4n) is 2.22. The molecule has 0 saturated carbocycles. The molecule has 0 rings (SSSR count). The molecule has 0 N–H and O–H groups in total. The van der Waals surface area contributed by atoms with Gasteiger partial charge in [-0.25, -0.2) is 0 Å². The molecule has 0 heterocycles. The van der Waals surface area contributed by atoms with Crippen molar-refractivity contribution in [1.29, 1.82) is 0 Å². The summed E-state index contributed by atoms with van der Waals surface area (Å²) in [6.45, 7) is 4.72. The van der Waals surface area contributed by atoms with Crippen LogP contribution >= 0.6 is 7.82 Å². The van der Waals surface area contributed by atoms with Crippen molar-refractivity contribution >= 4 is 13.8 Å². The van der Waals surface area contributed by atoms with Crippen molar-refractivity contribution in [3.8, 4) is 0 Å². The maximum atomic E-state index is 11.9. The molecule has 2 unspecified atom stereocenters. The Balaban J connectivity index is 4.22. The van der Waals surface area contributed by atoms with E-state index < -0.39 is 19.9 Å². The molecule has 0 aromatic heterocycles. The van der Waals surface area contributed by atoms with Gasteiger partial charge in [-0.3, -0.25) is 9.36 Å². The molecule has 0 aromatic rings. The Labute approximate surface area is 170 Å². The Morgan fingerprint density at radius 1 is 0.964 bits per heavy atom. The van der Waals surface area contributed by atoms with Gasteiger partial charge in [0.2, 0.25) is 0 Å². The molecule has 168 valence electrons. The normalized spacial score (nSPS) is 15.2. The predicted octanol–water partition coefficient (Wildman–Crippen LogP) is 2.89. The van der Waals surface area contributed by atoms with Crippen molar-refractivity contribution in [2.45, 2.75) is 64.9 Å². The van der Waals surface area contributed by atoms with Gasteiger partial charge in [-0.1, -0.05) is 46.0 Å². The van der Waals surface area contributed by atoms with E-state index in [1.807, 2.05) is 21.1 Å². The molecule has 0 aliphatic heterocycles. The Hall–Kier alpha value is -0.500. The Bertz CT molecular complexity index is 454. The number of esters is 1. The van der Waals surface area contributed by atoms with Crippen molar-refractivity contribution in [2.75, 3.05) is 54.1 Å². The molecule has 9 heteroatoms. The van der Waals surface area contributed by atoms with Crippen molar-refractivity contribution in [2.24, 2.45) is 0 Å². The first-order valence-corrected chi connectivity index (χ1v) is 11.7. The number of hydrogen-bond donors (Lipinski definition) is 0. The third-order valence-corrected chi connectivity index (χ3v) is 4.93. The molecule has 28 heavy (non-hydrogen) atoms. The van der Waals surface area contributed by atoms with E-state index in [1.54, 1.807) is 6.92 Å². The lowest BCUT2D eigenvalue weighted by molar-refractivity contribution is -0.870. The van der Waals surface area contributed by atoms with Crippen LogP contribution in [0.4, 0.5) is 0 Å². The van der Waals surface area contributed by atoms with Crippen LogP contribution in [0.1, 0.15) is 58.8 Å². The molecular formula is C19H40NO7P. The zero-order valence-electron chi connectivity index (χ0n) is 18.3. The fraction of sp³-hybridized carbons (Fsp3) is 0.947. The number of likely N-dealkylation sites (N-methyl/N-ethyl adjacent to an activating group) is 1. The largest absolute Gasteiger partial charge is 0.756 e. The van der Waals surface area contributed by atoms with Crippen LogP contribution in [0, 0.1) is 0 Å². The zero-order chi connectivity index (χ0) is 21.5. The number of hydrogen-bond acceptors (Lipinski definition) is 7. The maximum absolute atomic E-state index is 11.9. The van der Waals surface area contributed by atoms with Gasteiger partial charge in [-0.15, -0.1) is 0 Å². The van der Waals surface area contributed by atoms with E-state index >= 15 is 0 Å². The molecule has 0 aromatic carbocycles. The number of phosphoric acid groups is 1. The Kier molecular flexibility index (Phi) is 15.1. The Morgan fingerprint density at radius 3 is 2.21 bits per heavy atom. The second kappa shape index (κ2) is 15.4. The molecule has 0 saturated heterocycles.